The highest BCUT2D eigenvalue weighted by Gasteiger charge is 2.23. The van der Waals surface area contributed by atoms with Gasteiger partial charge in [-0.2, -0.15) is 0 Å². The molecule has 0 unspecified atom stereocenters. The average molecular weight is 399 g/mol. The van der Waals surface area contributed by atoms with Gasteiger partial charge in [-0.15, -0.1) is 0 Å². The monoisotopic (exact) mass is 399 g/mol. The number of benzene rings is 2. The largest absolute Gasteiger partial charge is 0.508 e. The fourth-order valence-electron chi connectivity index (χ4n) is 3.11. The van der Waals surface area contributed by atoms with Crippen LogP contribution in [-0.4, -0.2) is 49.5 Å². The maximum Gasteiger partial charge on any atom is 0.328 e. The zero-order valence-corrected chi connectivity index (χ0v) is 16.3. The number of hydrogen-bond acceptors (Lipinski definition) is 6. The molecule has 0 radical (unpaired) electrons. The number of rotatable bonds is 8. The summed E-state index contributed by atoms with van der Waals surface area (Å²) in [5.74, 6) is -0.132. The van der Waals surface area contributed by atoms with Crippen LogP contribution in [0.3, 0.4) is 0 Å². The number of ether oxygens (including phenoxy) is 3. The molecule has 1 amide bonds. The Morgan fingerprint density at radius 2 is 1.90 bits per heavy atom. The zero-order chi connectivity index (χ0) is 20.6. The van der Waals surface area contributed by atoms with Crippen molar-refractivity contribution in [1.29, 1.82) is 0 Å². The van der Waals surface area contributed by atoms with Crippen LogP contribution in [0.25, 0.3) is 0 Å². The van der Waals surface area contributed by atoms with Crippen molar-refractivity contribution in [3.63, 3.8) is 0 Å². The number of methoxy groups -OCH3 is 1. The molecule has 2 aromatic carbocycles. The van der Waals surface area contributed by atoms with E-state index in [1.165, 1.54) is 19.2 Å². The molecule has 0 spiro atoms. The van der Waals surface area contributed by atoms with E-state index in [4.69, 9.17) is 14.2 Å². The van der Waals surface area contributed by atoms with E-state index in [1.54, 1.807) is 36.4 Å². The van der Waals surface area contributed by atoms with E-state index in [2.05, 4.69) is 5.32 Å². The van der Waals surface area contributed by atoms with Gasteiger partial charge in [-0.05, 0) is 54.8 Å². The number of nitrogens with one attached hydrogen (secondary N) is 1. The van der Waals surface area contributed by atoms with E-state index in [0.29, 0.717) is 17.9 Å². The van der Waals surface area contributed by atoms with Crippen LogP contribution in [0, 0.1) is 0 Å². The summed E-state index contributed by atoms with van der Waals surface area (Å²) in [4.78, 5) is 24.7. The lowest BCUT2D eigenvalue weighted by Crippen LogP contribution is -2.43. The van der Waals surface area contributed by atoms with Crippen LogP contribution in [0.1, 0.15) is 28.8 Å². The first-order valence-corrected chi connectivity index (χ1v) is 9.56. The first-order valence-electron chi connectivity index (χ1n) is 9.56. The Labute approximate surface area is 169 Å². The number of phenolic OH excluding ortho intramolecular Hbond substituents is 1. The molecule has 0 saturated carbocycles. The fraction of sp³-hybridized carbons (Fsp3) is 0.364. The molecular weight excluding hydrogens is 374 g/mol. The highest BCUT2D eigenvalue weighted by atomic mass is 16.5. The number of hydrogen-bond donors (Lipinski definition) is 2. The Morgan fingerprint density at radius 3 is 2.52 bits per heavy atom. The smallest absolute Gasteiger partial charge is 0.328 e. The fourth-order valence-corrected chi connectivity index (χ4v) is 3.11. The summed E-state index contributed by atoms with van der Waals surface area (Å²) in [6.07, 6.45) is 2.43. The molecule has 7 heteroatoms. The number of carbonyl (C=O) groups is 2. The highest BCUT2D eigenvalue weighted by molar-refractivity contribution is 5.96. The normalized spacial score (nSPS) is 16.8. The third-order valence-electron chi connectivity index (χ3n) is 4.74. The number of aromatic hydroxyl groups is 1. The number of phenols is 1. The van der Waals surface area contributed by atoms with E-state index in [-0.39, 0.29) is 24.2 Å². The van der Waals surface area contributed by atoms with Crippen molar-refractivity contribution in [3.8, 4) is 11.5 Å². The maximum absolute atomic E-state index is 12.6. The Hall–Kier alpha value is -3.06. The van der Waals surface area contributed by atoms with Crippen molar-refractivity contribution in [2.24, 2.45) is 0 Å². The van der Waals surface area contributed by atoms with Gasteiger partial charge in [-0.25, -0.2) is 4.79 Å². The summed E-state index contributed by atoms with van der Waals surface area (Å²) in [6.45, 7) is 1.27. The summed E-state index contributed by atoms with van der Waals surface area (Å²) in [6, 6.07) is 12.3. The van der Waals surface area contributed by atoms with Gasteiger partial charge in [-0.1, -0.05) is 12.1 Å². The number of esters is 1. The summed E-state index contributed by atoms with van der Waals surface area (Å²) in [5.41, 5.74) is 1.20. The van der Waals surface area contributed by atoms with Gasteiger partial charge in [0, 0.05) is 18.6 Å². The molecule has 0 aromatic heterocycles. The molecule has 0 bridgehead atoms. The Morgan fingerprint density at radius 1 is 1.17 bits per heavy atom. The van der Waals surface area contributed by atoms with E-state index in [0.717, 1.165) is 25.0 Å². The minimum atomic E-state index is -0.840. The van der Waals surface area contributed by atoms with Crippen LogP contribution in [-0.2, 0) is 20.7 Å². The van der Waals surface area contributed by atoms with E-state index in [1.807, 2.05) is 0 Å². The molecule has 2 atom stereocenters. The van der Waals surface area contributed by atoms with Crippen molar-refractivity contribution >= 4 is 11.9 Å². The SMILES string of the molecule is COC(=O)[C@@H](Cc1ccc(O)cc1)NC(=O)c1ccc(OC[C@H]2CCCO2)cc1. The van der Waals surface area contributed by atoms with Gasteiger partial charge in [0.15, 0.2) is 0 Å². The first kappa shape index (κ1) is 20.7. The number of carbonyl (C=O) groups excluding carboxylic acids is 2. The third-order valence-corrected chi connectivity index (χ3v) is 4.74. The molecule has 154 valence electrons. The predicted molar refractivity (Wildman–Crippen MR) is 106 cm³/mol. The Balaban J connectivity index is 1.59. The van der Waals surface area contributed by atoms with Crippen LogP contribution in [0.2, 0.25) is 0 Å². The first-order chi connectivity index (χ1) is 14.0. The molecule has 7 nitrogen and oxygen atoms in total. The van der Waals surface area contributed by atoms with Gasteiger partial charge in [0.1, 0.15) is 24.1 Å². The molecule has 1 aliphatic heterocycles. The average Bonchev–Trinajstić information content (AvgIpc) is 3.26. The second-order valence-electron chi connectivity index (χ2n) is 6.89. The maximum atomic E-state index is 12.6. The van der Waals surface area contributed by atoms with Crippen LogP contribution in [0.5, 0.6) is 11.5 Å². The molecule has 1 aliphatic rings. The molecule has 2 N–H and O–H groups in total. The summed E-state index contributed by atoms with van der Waals surface area (Å²) in [5, 5.41) is 12.1. The van der Waals surface area contributed by atoms with Crippen molar-refractivity contribution in [2.45, 2.75) is 31.4 Å². The van der Waals surface area contributed by atoms with Gasteiger partial charge in [-0.3, -0.25) is 4.79 Å². The molecule has 0 aliphatic carbocycles. The molecule has 1 heterocycles. The van der Waals surface area contributed by atoms with E-state index in [9.17, 15) is 14.7 Å². The molecule has 1 saturated heterocycles. The Kier molecular flexibility index (Phi) is 7.08. The van der Waals surface area contributed by atoms with Crippen molar-refractivity contribution in [2.75, 3.05) is 20.3 Å². The highest BCUT2D eigenvalue weighted by Crippen LogP contribution is 2.17. The quantitative estimate of drug-likeness (QED) is 0.663. The van der Waals surface area contributed by atoms with Gasteiger partial charge in [0.05, 0.1) is 13.2 Å². The zero-order valence-electron chi connectivity index (χ0n) is 16.3. The van der Waals surface area contributed by atoms with E-state index < -0.39 is 12.0 Å². The van der Waals surface area contributed by atoms with Gasteiger partial charge in [0.2, 0.25) is 0 Å². The van der Waals surface area contributed by atoms with Crippen molar-refractivity contribution in [3.05, 3.63) is 59.7 Å². The van der Waals surface area contributed by atoms with Gasteiger partial charge < -0.3 is 24.6 Å². The van der Waals surface area contributed by atoms with E-state index >= 15 is 0 Å². The standard InChI is InChI=1S/C22H25NO6/c1-27-22(26)20(13-15-4-8-17(24)9-5-15)23-21(25)16-6-10-18(11-7-16)29-14-19-3-2-12-28-19/h4-11,19-20,24H,2-3,12-14H2,1H3,(H,23,25)/t19-,20-/m1/s1. The van der Waals surface area contributed by atoms with Crippen LogP contribution in [0.15, 0.2) is 48.5 Å². The molecule has 3 rings (SSSR count). The topological polar surface area (TPSA) is 94.1 Å². The van der Waals surface area contributed by atoms with Crippen LogP contribution >= 0.6 is 0 Å². The second-order valence-corrected chi connectivity index (χ2v) is 6.89. The lowest BCUT2D eigenvalue weighted by molar-refractivity contribution is -0.142. The molecule has 29 heavy (non-hydrogen) atoms. The second kappa shape index (κ2) is 9.93. The van der Waals surface area contributed by atoms with Crippen LogP contribution in [0.4, 0.5) is 0 Å². The number of amides is 1. The molecule has 2 aromatic rings. The van der Waals surface area contributed by atoms with Gasteiger partial charge >= 0.3 is 5.97 Å². The summed E-state index contributed by atoms with van der Waals surface area (Å²) < 4.78 is 16.0. The summed E-state index contributed by atoms with van der Waals surface area (Å²) in [7, 11) is 1.28. The lowest BCUT2D eigenvalue weighted by Gasteiger charge is -2.17. The van der Waals surface area contributed by atoms with Gasteiger partial charge in [0.25, 0.3) is 5.91 Å². The minimum absolute atomic E-state index is 0.124. The molecular formula is C22H25NO6. The third kappa shape index (κ3) is 5.96. The van der Waals surface area contributed by atoms with Crippen molar-refractivity contribution in [1.82, 2.24) is 5.32 Å². The van der Waals surface area contributed by atoms with Crippen LogP contribution < -0.4 is 10.1 Å². The summed E-state index contributed by atoms with van der Waals surface area (Å²) >= 11 is 0. The Bertz CT molecular complexity index is 812. The lowest BCUT2D eigenvalue weighted by atomic mass is 10.1. The predicted octanol–water partition coefficient (Wildman–Crippen LogP) is 2.46. The molecule has 1 fully saturated rings. The van der Waals surface area contributed by atoms with Crippen molar-refractivity contribution < 1.29 is 28.9 Å². The minimum Gasteiger partial charge on any atom is -0.508 e.